The molecule has 2 aliphatic heterocycles. The number of hydrogen-bond donors (Lipinski definition) is 3. The zero-order valence-corrected chi connectivity index (χ0v) is 16.6. The van der Waals surface area contributed by atoms with E-state index in [1.165, 1.54) is 0 Å². The molecule has 5 amide bonds. The number of anilines is 1. The van der Waals surface area contributed by atoms with E-state index in [0.717, 1.165) is 23.1 Å². The fraction of sp³-hybridized carbons (Fsp3) is 0.238. The maximum atomic E-state index is 13.2. The van der Waals surface area contributed by atoms with Gasteiger partial charge in [0, 0.05) is 23.7 Å². The summed E-state index contributed by atoms with van der Waals surface area (Å²) < 4.78 is 31.7. The zero-order valence-electron chi connectivity index (χ0n) is 16.6. The molecule has 2 aromatic carbocycles. The van der Waals surface area contributed by atoms with Crippen LogP contribution in [0.15, 0.2) is 42.5 Å². The SMILES string of the molecule is O=C(CN1C(=O)NC2(CCOc3ccccc32)C1=O)NCC(=O)Nc1ccc(F)c(F)c1. The lowest BCUT2D eigenvalue weighted by atomic mass is 9.84. The van der Waals surface area contributed by atoms with Gasteiger partial charge in [-0.25, -0.2) is 13.6 Å². The molecule has 2 heterocycles. The summed E-state index contributed by atoms with van der Waals surface area (Å²) in [5, 5.41) is 7.26. The van der Waals surface area contributed by atoms with E-state index >= 15 is 0 Å². The highest BCUT2D eigenvalue weighted by Crippen LogP contribution is 2.40. The molecule has 0 bridgehead atoms. The number of halogens is 2. The van der Waals surface area contributed by atoms with E-state index in [1.807, 2.05) is 0 Å². The lowest BCUT2D eigenvalue weighted by Crippen LogP contribution is -2.48. The van der Waals surface area contributed by atoms with Crippen LogP contribution in [0.3, 0.4) is 0 Å². The summed E-state index contributed by atoms with van der Waals surface area (Å²) in [6.45, 7) is -0.871. The molecule has 0 aliphatic carbocycles. The van der Waals surface area contributed by atoms with E-state index in [4.69, 9.17) is 4.74 Å². The highest BCUT2D eigenvalue weighted by Gasteiger charge is 2.55. The average molecular weight is 444 g/mol. The molecule has 1 atom stereocenters. The van der Waals surface area contributed by atoms with Crippen molar-refractivity contribution in [2.24, 2.45) is 0 Å². The molecule has 2 aliphatic rings. The lowest BCUT2D eigenvalue weighted by Gasteiger charge is -2.33. The van der Waals surface area contributed by atoms with Crippen LogP contribution in [-0.2, 0) is 19.9 Å². The molecule has 2 aromatic rings. The van der Waals surface area contributed by atoms with Gasteiger partial charge in [-0.05, 0) is 18.2 Å². The Morgan fingerprint density at radius 1 is 1.09 bits per heavy atom. The number of fused-ring (bicyclic) bond motifs is 2. The van der Waals surface area contributed by atoms with Crippen LogP contribution in [0.5, 0.6) is 5.75 Å². The summed E-state index contributed by atoms with van der Waals surface area (Å²) in [7, 11) is 0. The van der Waals surface area contributed by atoms with Gasteiger partial charge in [0.15, 0.2) is 17.2 Å². The van der Waals surface area contributed by atoms with Crippen LogP contribution in [0, 0.1) is 11.6 Å². The van der Waals surface area contributed by atoms with Crippen molar-refractivity contribution in [3.8, 4) is 5.75 Å². The molecular weight excluding hydrogens is 426 g/mol. The second-order valence-electron chi connectivity index (χ2n) is 7.28. The second kappa shape index (κ2) is 8.25. The van der Waals surface area contributed by atoms with Crippen molar-refractivity contribution in [3.63, 3.8) is 0 Å². The molecule has 0 aromatic heterocycles. The number of benzene rings is 2. The Kier molecular flexibility index (Phi) is 5.47. The van der Waals surface area contributed by atoms with Crippen molar-refractivity contribution in [1.29, 1.82) is 0 Å². The van der Waals surface area contributed by atoms with Crippen molar-refractivity contribution in [1.82, 2.24) is 15.5 Å². The molecule has 9 nitrogen and oxygen atoms in total. The molecular formula is C21H18F2N4O5. The van der Waals surface area contributed by atoms with Crippen molar-refractivity contribution in [2.75, 3.05) is 25.0 Å². The maximum Gasteiger partial charge on any atom is 0.325 e. The van der Waals surface area contributed by atoms with Crippen molar-refractivity contribution in [2.45, 2.75) is 12.0 Å². The highest BCUT2D eigenvalue weighted by atomic mass is 19.2. The van der Waals surface area contributed by atoms with Crippen LogP contribution in [0.4, 0.5) is 19.3 Å². The Morgan fingerprint density at radius 3 is 2.66 bits per heavy atom. The van der Waals surface area contributed by atoms with Gasteiger partial charge < -0.3 is 20.7 Å². The van der Waals surface area contributed by atoms with Gasteiger partial charge in [-0.15, -0.1) is 0 Å². The third-order valence-corrected chi connectivity index (χ3v) is 5.21. The smallest absolute Gasteiger partial charge is 0.325 e. The number of rotatable bonds is 5. The van der Waals surface area contributed by atoms with Gasteiger partial charge in [0.2, 0.25) is 11.8 Å². The highest BCUT2D eigenvalue weighted by molar-refractivity contribution is 6.10. The average Bonchev–Trinajstić information content (AvgIpc) is 3.00. The van der Waals surface area contributed by atoms with Crippen LogP contribution < -0.4 is 20.7 Å². The first-order chi connectivity index (χ1) is 15.3. The fourth-order valence-corrected chi connectivity index (χ4v) is 3.67. The minimum absolute atomic E-state index is 0.0115. The summed E-state index contributed by atoms with van der Waals surface area (Å²) in [5.74, 6) is -3.74. The normalized spacial score (nSPS) is 19.2. The second-order valence-corrected chi connectivity index (χ2v) is 7.28. The lowest BCUT2D eigenvalue weighted by molar-refractivity contribution is -0.136. The van der Waals surface area contributed by atoms with Crippen molar-refractivity contribution >= 4 is 29.4 Å². The molecule has 1 fully saturated rings. The minimum Gasteiger partial charge on any atom is -0.493 e. The van der Waals surface area contributed by atoms with E-state index in [2.05, 4.69) is 16.0 Å². The Labute approximate surface area is 180 Å². The van der Waals surface area contributed by atoms with Crippen molar-refractivity contribution < 1.29 is 32.7 Å². The van der Waals surface area contributed by atoms with E-state index in [1.54, 1.807) is 24.3 Å². The predicted octanol–water partition coefficient (Wildman–Crippen LogP) is 1.25. The number of carbonyl (C=O) groups excluding carboxylic acids is 4. The summed E-state index contributed by atoms with van der Waals surface area (Å²) in [4.78, 5) is 50.5. The first kappa shape index (κ1) is 21.2. The van der Waals surface area contributed by atoms with Crippen LogP contribution >= 0.6 is 0 Å². The molecule has 32 heavy (non-hydrogen) atoms. The monoisotopic (exact) mass is 444 g/mol. The summed E-state index contributed by atoms with van der Waals surface area (Å²) in [6, 6.07) is 8.92. The molecule has 4 rings (SSSR count). The Bertz CT molecular complexity index is 1130. The van der Waals surface area contributed by atoms with Gasteiger partial charge in [-0.1, -0.05) is 18.2 Å². The first-order valence-electron chi connectivity index (χ1n) is 9.68. The standard InChI is InChI=1S/C21H18F2N4O5/c22-14-6-5-12(9-15(14)23)25-17(28)10-24-18(29)11-27-19(30)21(26-20(27)31)7-8-32-16-4-2-1-3-13(16)21/h1-6,9H,7-8,10-11H2,(H,24,29)(H,25,28)(H,26,31). The maximum absolute atomic E-state index is 13.2. The van der Waals surface area contributed by atoms with Crippen LogP contribution in [0.1, 0.15) is 12.0 Å². The van der Waals surface area contributed by atoms with Gasteiger partial charge in [0.1, 0.15) is 12.3 Å². The molecule has 1 spiro atoms. The number of imide groups is 1. The Morgan fingerprint density at radius 2 is 1.88 bits per heavy atom. The summed E-state index contributed by atoms with van der Waals surface area (Å²) in [5.41, 5.74) is -0.785. The number of nitrogens with one attached hydrogen (secondary N) is 3. The number of ether oxygens (including phenoxy) is 1. The number of carbonyl (C=O) groups is 4. The number of urea groups is 1. The third-order valence-electron chi connectivity index (χ3n) is 5.21. The van der Waals surface area contributed by atoms with Gasteiger partial charge in [-0.2, -0.15) is 0 Å². The van der Waals surface area contributed by atoms with Crippen LogP contribution in [0.2, 0.25) is 0 Å². The quantitative estimate of drug-likeness (QED) is 0.601. The van der Waals surface area contributed by atoms with E-state index < -0.39 is 54.0 Å². The fourth-order valence-electron chi connectivity index (χ4n) is 3.67. The van der Waals surface area contributed by atoms with Gasteiger partial charge in [0.25, 0.3) is 5.91 Å². The van der Waals surface area contributed by atoms with Crippen LogP contribution in [0.25, 0.3) is 0 Å². The predicted molar refractivity (Wildman–Crippen MR) is 106 cm³/mol. The van der Waals surface area contributed by atoms with E-state index in [-0.39, 0.29) is 18.7 Å². The summed E-state index contributed by atoms with van der Waals surface area (Å²) >= 11 is 0. The minimum atomic E-state index is -1.31. The Hall–Kier alpha value is -4.02. The molecule has 166 valence electrons. The largest absolute Gasteiger partial charge is 0.493 e. The van der Waals surface area contributed by atoms with Crippen LogP contribution in [-0.4, -0.2) is 48.3 Å². The number of hydrogen-bond acceptors (Lipinski definition) is 5. The molecule has 1 saturated heterocycles. The summed E-state index contributed by atoms with van der Waals surface area (Å²) in [6.07, 6.45) is 0.212. The van der Waals surface area contributed by atoms with Crippen molar-refractivity contribution in [3.05, 3.63) is 59.7 Å². The topological polar surface area (TPSA) is 117 Å². The van der Waals surface area contributed by atoms with E-state index in [0.29, 0.717) is 11.3 Å². The van der Waals surface area contributed by atoms with E-state index in [9.17, 15) is 28.0 Å². The molecule has 1 unspecified atom stereocenters. The molecule has 0 radical (unpaired) electrons. The molecule has 11 heteroatoms. The number of para-hydroxylation sites is 1. The zero-order chi connectivity index (χ0) is 22.9. The number of amides is 5. The Balaban J connectivity index is 1.37. The number of nitrogens with zero attached hydrogens (tertiary/aromatic N) is 1. The molecule has 3 N–H and O–H groups in total. The third kappa shape index (κ3) is 3.84. The first-order valence-corrected chi connectivity index (χ1v) is 9.68. The molecule has 0 saturated carbocycles. The van der Waals surface area contributed by atoms with Gasteiger partial charge in [-0.3, -0.25) is 19.3 Å². The van der Waals surface area contributed by atoms with Gasteiger partial charge >= 0.3 is 6.03 Å². The van der Waals surface area contributed by atoms with Gasteiger partial charge in [0.05, 0.1) is 13.2 Å².